The van der Waals surface area contributed by atoms with E-state index in [1.807, 2.05) is 0 Å². The molecule has 0 saturated carbocycles. The van der Waals surface area contributed by atoms with E-state index >= 15 is 0 Å². The molecule has 0 radical (unpaired) electrons. The molecular weight excluding hydrogens is 362 g/mol. The fourth-order valence-corrected chi connectivity index (χ4v) is 6.75. The van der Waals surface area contributed by atoms with Gasteiger partial charge in [-0.1, -0.05) is 94.5 Å². The maximum Gasteiger partial charge on any atom is 0.226 e. The molecule has 0 spiro atoms. The monoisotopic (exact) mass is 403 g/mol. The van der Waals surface area contributed by atoms with E-state index in [-0.39, 0.29) is 5.92 Å². The first kappa shape index (κ1) is 22.4. The normalized spacial score (nSPS) is 21.1. The number of amides is 1. The van der Waals surface area contributed by atoms with Crippen molar-refractivity contribution in [2.24, 2.45) is 5.92 Å². The number of nitrogens with zero attached hydrogens (tertiary/aromatic N) is 1. The topological polar surface area (TPSA) is 20.3 Å². The van der Waals surface area contributed by atoms with Crippen molar-refractivity contribution in [1.29, 1.82) is 0 Å². The first-order valence-corrected chi connectivity index (χ1v) is 18.3. The molecule has 1 heterocycles. The van der Waals surface area contributed by atoms with E-state index in [9.17, 15) is 4.79 Å². The second kappa shape index (κ2) is 9.55. The van der Waals surface area contributed by atoms with Crippen LogP contribution < -0.4 is 0 Å². The molecule has 0 aromatic heterocycles. The van der Waals surface area contributed by atoms with Crippen molar-refractivity contribution >= 4 is 22.1 Å². The zero-order valence-corrected chi connectivity index (χ0v) is 20.6. The van der Waals surface area contributed by atoms with Gasteiger partial charge in [0.1, 0.15) is 0 Å². The van der Waals surface area contributed by atoms with Crippen LogP contribution in [0.4, 0.5) is 0 Å². The molecule has 1 aliphatic rings. The van der Waals surface area contributed by atoms with Crippen molar-refractivity contribution < 1.29 is 4.79 Å². The van der Waals surface area contributed by atoms with Gasteiger partial charge in [0.15, 0.2) is 0 Å². The summed E-state index contributed by atoms with van der Waals surface area (Å²) in [4.78, 5) is 15.4. The lowest BCUT2D eigenvalue weighted by atomic mass is 9.98. The third-order valence-electron chi connectivity index (χ3n) is 5.77. The molecule has 27 heavy (non-hydrogen) atoms. The highest BCUT2D eigenvalue weighted by Crippen LogP contribution is 2.34. The third-order valence-corrected chi connectivity index (χ3v) is 9.48. The van der Waals surface area contributed by atoms with E-state index in [4.69, 9.17) is 0 Å². The van der Waals surface area contributed by atoms with Gasteiger partial charge in [0, 0.05) is 34.7 Å². The quantitative estimate of drug-likeness (QED) is 0.401. The Hall–Kier alpha value is -0.876. The molecule has 0 N–H and O–H groups in total. The minimum absolute atomic E-state index is 0.266. The van der Waals surface area contributed by atoms with E-state index in [2.05, 4.69) is 74.5 Å². The number of benzene rings is 1. The van der Waals surface area contributed by atoms with Gasteiger partial charge in [0.2, 0.25) is 5.91 Å². The number of rotatable bonds is 10. The fourth-order valence-electron chi connectivity index (χ4n) is 4.22. The highest BCUT2D eigenvalue weighted by Gasteiger charge is 2.38. The number of carbonyl (C=O) groups excluding carboxylic acids is 1. The average molecular weight is 404 g/mol. The van der Waals surface area contributed by atoms with Gasteiger partial charge in [-0.05, 0) is 24.8 Å². The zero-order chi connectivity index (χ0) is 20.1. The van der Waals surface area contributed by atoms with E-state index in [0.29, 0.717) is 11.9 Å². The predicted molar refractivity (Wildman–Crippen MR) is 124 cm³/mol. The van der Waals surface area contributed by atoms with Gasteiger partial charge in [0.25, 0.3) is 0 Å². The molecule has 2 nitrogen and oxygen atoms in total. The van der Waals surface area contributed by atoms with Crippen LogP contribution in [0.25, 0.3) is 0 Å². The van der Waals surface area contributed by atoms with Crippen molar-refractivity contribution in [1.82, 2.24) is 4.90 Å². The second-order valence-electron chi connectivity index (χ2n) is 10.9. The summed E-state index contributed by atoms with van der Waals surface area (Å²) in [5, 5.41) is 0. The van der Waals surface area contributed by atoms with Gasteiger partial charge < -0.3 is 4.90 Å². The molecule has 0 unspecified atom stereocenters. The van der Waals surface area contributed by atoms with Crippen molar-refractivity contribution in [2.75, 3.05) is 0 Å². The smallest absolute Gasteiger partial charge is 0.226 e. The van der Waals surface area contributed by atoms with Crippen LogP contribution in [0.5, 0.6) is 0 Å². The standard InChI is InChI=1S/C23H41NOSi2/c1-26(2,3)16-10-14-21-18-22(15-11-17-27(4,5)6)24(23(21)25)19-20-12-8-7-9-13-20/h7-9,12-13,21-22H,10-11,14-19H2,1-6H3/t21-,22+/m1/s1. The van der Waals surface area contributed by atoms with Crippen LogP contribution in [-0.4, -0.2) is 33.0 Å². The molecule has 0 bridgehead atoms. The first-order valence-electron chi connectivity index (χ1n) is 10.9. The van der Waals surface area contributed by atoms with Crippen molar-refractivity contribution in [3.05, 3.63) is 35.9 Å². The predicted octanol–water partition coefficient (Wildman–Crippen LogP) is 6.64. The van der Waals surface area contributed by atoms with Crippen LogP contribution in [0.1, 0.15) is 37.7 Å². The van der Waals surface area contributed by atoms with E-state index in [0.717, 1.165) is 19.4 Å². The molecule has 4 heteroatoms. The lowest BCUT2D eigenvalue weighted by Gasteiger charge is -2.26. The van der Waals surface area contributed by atoms with Gasteiger partial charge in [-0.25, -0.2) is 0 Å². The largest absolute Gasteiger partial charge is 0.335 e. The maximum absolute atomic E-state index is 13.2. The summed E-state index contributed by atoms with van der Waals surface area (Å²) >= 11 is 0. The number of carbonyl (C=O) groups is 1. The summed E-state index contributed by atoms with van der Waals surface area (Å²) in [6, 6.07) is 13.7. The third kappa shape index (κ3) is 7.94. The number of hydrogen-bond acceptors (Lipinski definition) is 1. The number of likely N-dealkylation sites (tertiary alicyclic amines) is 1. The fraction of sp³-hybridized carbons (Fsp3) is 0.696. The Bertz CT molecular complexity index is 589. The van der Waals surface area contributed by atoms with E-state index in [1.165, 1.54) is 36.9 Å². The van der Waals surface area contributed by atoms with Crippen LogP contribution in [0, 0.1) is 5.92 Å². The summed E-state index contributed by atoms with van der Waals surface area (Å²) < 4.78 is 0. The first-order chi connectivity index (χ1) is 12.6. The molecule has 1 saturated heterocycles. The van der Waals surface area contributed by atoms with Crippen LogP contribution in [-0.2, 0) is 11.3 Å². The van der Waals surface area contributed by atoms with Gasteiger partial charge >= 0.3 is 0 Å². The van der Waals surface area contributed by atoms with Gasteiger partial charge in [-0.15, -0.1) is 0 Å². The molecule has 2 atom stereocenters. The Morgan fingerprint density at radius 3 is 2.00 bits per heavy atom. The Kier molecular flexibility index (Phi) is 7.93. The Morgan fingerprint density at radius 1 is 0.889 bits per heavy atom. The van der Waals surface area contributed by atoms with E-state index < -0.39 is 16.1 Å². The lowest BCUT2D eigenvalue weighted by Crippen LogP contribution is -2.33. The minimum Gasteiger partial charge on any atom is -0.335 e. The molecule has 1 aromatic carbocycles. The highest BCUT2D eigenvalue weighted by molar-refractivity contribution is 6.76. The summed E-state index contributed by atoms with van der Waals surface area (Å²) in [5.41, 5.74) is 1.27. The van der Waals surface area contributed by atoms with Crippen molar-refractivity contribution in [3.63, 3.8) is 0 Å². The van der Waals surface area contributed by atoms with E-state index in [1.54, 1.807) is 0 Å². The molecule has 1 fully saturated rings. The highest BCUT2D eigenvalue weighted by atomic mass is 28.3. The summed E-state index contributed by atoms with van der Waals surface area (Å²) in [7, 11) is -2.01. The maximum atomic E-state index is 13.2. The van der Waals surface area contributed by atoms with Gasteiger partial charge in [0.05, 0.1) is 0 Å². The van der Waals surface area contributed by atoms with Crippen LogP contribution in [0.2, 0.25) is 51.4 Å². The Labute approximate surface area is 169 Å². The van der Waals surface area contributed by atoms with Crippen LogP contribution in [0.15, 0.2) is 30.3 Å². The second-order valence-corrected chi connectivity index (χ2v) is 22.2. The molecule has 152 valence electrons. The lowest BCUT2D eigenvalue weighted by molar-refractivity contribution is -0.132. The summed E-state index contributed by atoms with van der Waals surface area (Å²) in [6.45, 7) is 15.5. The number of hydrogen-bond donors (Lipinski definition) is 0. The molecule has 1 amide bonds. The zero-order valence-electron chi connectivity index (χ0n) is 18.6. The van der Waals surface area contributed by atoms with Crippen molar-refractivity contribution in [2.45, 2.75) is 96.1 Å². The minimum atomic E-state index is -1.01. The summed E-state index contributed by atoms with van der Waals surface area (Å²) in [6.07, 6.45) is 5.88. The Balaban J connectivity index is 2.00. The molecule has 0 aliphatic carbocycles. The molecular formula is C23H41NOSi2. The van der Waals surface area contributed by atoms with Crippen LogP contribution >= 0.6 is 0 Å². The van der Waals surface area contributed by atoms with Crippen LogP contribution in [0.3, 0.4) is 0 Å². The Morgan fingerprint density at radius 2 is 1.44 bits per heavy atom. The molecule has 1 aromatic rings. The molecule has 1 aliphatic heterocycles. The average Bonchev–Trinajstić information content (AvgIpc) is 2.83. The summed E-state index contributed by atoms with van der Waals surface area (Å²) in [5.74, 6) is 0.689. The van der Waals surface area contributed by atoms with Gasteiger partial charge in [-0.3, -0.25) is 4.79 Å². The van der Waals surface area contributed by atoms with Gasteiger partial charge in [-0.2, -0.15) is 0 Å². The SMILES string of the molecule is C[Si](C)(C)CCC[C@@H]1C[C@H](CCC[Si](C)(C)C)N(Cc2ccccc2)C1=O. The molecule has 2 rings (SSSR count). The van der Waals surface area contributed by atoms with Crippen molar-refractivity contribution in [3.8, 4) is 0 Å².